The van der Waals surface area contributed by atoms with E-state index in [1.54, 1.807) is 0 Å². The van der Waals surface area contributed by atoms with Gasteiger partial charge >= 0.3 is 5.97 Å². The molecule has 1 N–H and O–H groups in total. The lowest BCUT2D eigenvalue weighted by Crippen LogP contribution is -2.36. The van der Waals surface area contributed by atoms with Crippen LogP contribution in [0.4, 0.5) is 0 Å². The number of aromatic nitrogens is 2. The average Bonchev–Trinajstić information content (AvgIpc) is 3.09. The highest BCUT2D eigenvalue weighted by molar-refractivity contribution is 5.81. The van der Waals surface area contributed by atoms with Gasteiger partial charge in [0.15, 0.2) is 0 Å². The maximum atomic E-state index is 12.2. The maximum absolute atomic E-state index is 12.2. The summed E-state index contributed by atoms with van der Waals surface area (Å²) in [5.74, 6) is 0.276. The quantitative estimate of drug-likeness (QED) is 0.692. The molecule has 0 radical (unpaired) electrons. The van der Waals surface area contributed by atoms with Crippen LogP contribution in [0.25, 0.3) is 11.4 Å². The van der Waals surface area contributed by atoms with Crippen LogP contribution in [0.2, 0.25) is 0 Å². The summed E-state index contributed by atoms with van der Waals surface area (Å²) in [5.41, 5.74) is 0.785. The molecule has 8 nitrogen and oxygen atoms in total. The first-order valence-electron chi connectivity index (χ1n) is 8.58. The minimum absolute atomic E-state index is 0.123. The van der Waals surface area contributed by atoms with E-state index in [4.69, 9.17) is 14.4 Å². The second kappa shape index (κ2) is 9.55. The summed E-state index contributed by atoms with van der Waals surface area (Å²) in [4.78, 5) is 28.6. The number of carboxylic acid groups (broad SMARTS) is 1. The zero-order valence-corrected chi connectivity index (χ0v) is 15.0. The van der Waals surface area contributed by atoms with Crippen LogP contribution in [0.1, 0.15) is 32.6 Å². The zero-order chi connectivity index (χ0) is 18.9. The molecule has 0 aliphatic carbocycles. The third-order valence-electron chi connectivity index (χ3n) is 3.62. The van der Waals surface area contributed by atoms with Crippen molar-refractivity contribution in [2.75, 3.05) is 19.7 Å². The molecule has 0 bridgehead atoms. The molecule has 0 saturated heterocycles. The Balaban J connectivity index is 1.94. The van der Waals surface area contributed by atoms with Crippen molar-refractivity contribution in [2.24, 2.45) is 0 Å². The van der Waals surface area contributed by atoms with Crippen molar-refractivity contribution < 1.29 is 24.0 Å². The lowest BCUT2D eigenvalue weighted by atomic mass is 10.2. The van der Waals surface area contributed by atoms with E-state index in [0.29, 0.717) is 31.3 Å². The number of nitrogens with zero attached hydrogens (tertiary/aromatic N) is 3. The Labute approximate surface area is 151 Å². The van der Waals surface area contributed by atoms with Crippen LogP contribution in [0, 0.1) is 0 Å². The van der Waals surface area contributed by atoms with Gasteiger partial charge in [0, 0.05) is 24.9 Å². The van der Waals surface area contributed by atoms with Gasteiger partial charge in [-0.2, -0.15) is 4.98 Å². The Hall–Kier alpha value is -2.90. The van der Waals surface area contributed by atoms with Gasteiger partial charge in [-0.15, -0.1) is 0 Å². The molecular weight excluding hydrogens is 338 g/mol. The molecule has 1 aromatic carbocycles. The van der Waals surface area contributed by atoms with Crippen LogP contribution < -0.4 is 4.74 Å². The standard InChI is InChI=1S/C18H23N3O5/c1-3-11-21(12-17(23)24)16(22)10-9-15-19-18(20-26-15)13-5-7-14(8-6-13)25-4-2/h5-8H,3-4,9-12H2,1-2H3,(H,23,24). The number of aliphatic carboxylic acids is 1. The van der Waals surface area contributed by atoms with Gasteiger partial charge in [0.25, 0.3) is 0 Å². The van der Waals surface area contributed by atoms with E-state index >= 15 is 0 Å². The molecule has 0 aliphatic heterocycles. The van der Waals surface area contributed by atoms with Gasteiger partial charge in [-0.3, -0.25) is 9.59 Å². The zero-order valence-electron chi connectivity index (χ0n) is 15.0. The SMILES string of the molecule is CCCN(CC(=O)O)C(=O)CCc1nc(-c2ccc(OCC)cc2)no1. The lowest BCUT2D eigenvalue weighted by Gasteiger charge is -2.19. The van der Waals surface area contributed by atoms with E-state index in [1.165, 1.54) is 4.90 Å². The molecule has 1 aromatic heterocycles. The summed E-state index contributed by atoms with van der Waals surface area (Å²) in [6.07, 6.45) is 1.09. The van der Waals surface area contributed by atoms with Crippen LogP contribution in [-0.4, -0.2) is 51.7 Å². The number of hydrogen-bond acceptors (Lipinski definition) is 6. The maximum Gasteiger partial charge on any atom is 0.323 e. The van der Waals surface area contributed by atoms with Gasteiger partial charge in [0.2, 0.25) is 17.6 Å². The second-order valence-electron chi connectivity index (χ2n) is 5.68. The van der Waals surface area contributed by atoms with Gasteiger partial charge in [-0.05, 0) is 37.6 Å². The second-order valence-corrected chi connectivity index (χ2v) is 5.68. The number of benzene rings is 1. The highest BCUT2D eigenvalue weighted by atomic mass is 16.5. The fourth-order valence-corrected chi connectivity index (χ4v) is 2.44. The summed E-state index contributed by atoms with van der Waals surface area (Å²) in [6.45, 7) is 4.51. The predicted molar refractivity (Wildman–Crippen MR) is 93.7 cm³/mol. The smallest absolute Gasteiger partial charge is 0.323 e. The van der Waals surface area contributed by atoms with Crippen LogP contribution in [0.5, 0.6) is 5.75 Å². The first-order chi connectivity index (χ1) is 12.5. The van der Waals surface area contributed by atoms with E-state index in [0.717, 1.165) is 11.3 Å². The lowest BCUT2D eigenvalue weighted by molar-refractivity contribution is -0.144. The molecule has 1 heterocycles. The summed E-state index contributed by atoms with van der Waals surface area (Å²) >= 11 is 0. The van der Waals surface area contributed by atoms with Crippen LogP contribution in [-0.2, 0) is 16.0 Å². The summed E-state index contributed by atoms with van der Waals surface area (Å²) in [5, 5.41) is 12.8. The summed E-state index contributed by atoms with van der Waals surface area (Å²) in [6, 6.07) is 7.32. The van der Waals surface area contributed by atoms with Crippen LogP contribution in [0.15, 0.2) is 28.8 Å². The Kier molecular flexibility index (Phi) is 7.13. The van der Waals surface area contributed by atoms with Crippen molar-refractivity contribution in [2.45, 2.75) is 33.1 Å². The Morgan fingerprint density at radius 2 is 1.96 bits per heavy atom. The largest absolute Gasteiger partial charge is 0.494 e. The van der Waals surface area contributed by atoms with Gasteiger partial charge in [0.05, 0.1) is 6.61 Å². The minimum atomic E-state index is -1.03. The molecule has 2 rings (SSSR count). The summed E-state index contributed by atoms with van der Waals surface area (Å²) < 4.78 is 10.6. The Morgan fingerprint density at radius 3 is 2.58 bits per heavy atom. The van der Waals surface area contributed by atoms with Crippen molar-refractivity contribution in [3.63, 3.8) is 0 Å². The van der Waals surface area contributed by atoms with Crippen molar-refractivity contribution in [1.82, 2.24) is 15.0 Å². The molecule has 8 heteroatoms. The molecule has 0 aliphatic rings. The first kappa shape index (κ1) is 19.4. The van der Waals surface area contributed by atoms with E-state index in [9.17, 15) is 9.59 Å². The molecule has 0 fully saturated rings. The predicted octanol–water partition coefficient (Wildman–Crippen LogP) is 2.39. The number of rotatable bonds is 10. The molecule has 140 valence electrons. The Bertz CT molecular complexity index is 727. The van der Waals surface area contributed by atoms with E-state index in [-0.39, 0.29) is 25.3 Å². The number of carbonyl (C=O) groups excluding carboxylic acids is 1. The number of carboxylic acids is 1. The average molecular weight is 361 g/mol. The van der Waals surface area contributed by atoms with Crippen LogP contribution in [0.3, 0.4) is 0 Å². The number of ether oxygens (including phenoxy) is 1. The number of aryl methyl sites for hydroxylation is 1. The van der Waals surface area contributed by atoms with Crippen molar-refractivity contribution in [1.29, 1.82) is 0 Å². The fraction of sp³-hybridized carbons (Fsp3) is 0.444. The fourth-order valence-electron chi connectivity index (χ4n) is 2.44. The monoisotopic (exact) mass is 361 g/mol. The van der Waals surface area contributed by atoms with Gasteiger partial charge in [-0.1, -0.05) is 12.1 Å². The first-order valence-corrected chi connectivity index (χ1v) is 8.58. The highest BCUT2D eigenvalue weighted by Gasteiger charge is 2.17. The van der Waals surface area contributed by atoms with E-state index in [2.05, 4.69) is 10.1 Å². The number of carbonyl (C=O) groups is 2. The third-order valence-corrected chi connectivity index (χ3v) is 3.62. The molecule has 1 amide bonds. The normalized spacial score (nSPS) is 10.5. The summed E-state index contributed by atoms with van der Waals surface area (Å²) in [7, 11) is 0. The van der Waals surface area contributed by atoms with Gasteiger partial charge < -0.3 is 19.3 Å². The van der Waals surface area contributed by atoms with E-state index in [1.807, 2.05) is 38.1 Å². The molecule has 0 atom stereocenters. The molecule has 0 spiro atoms. The molecule has 0 unspecified atom stereocenters. The third kappa shape index (κ3) is 5.58. The molecule has 26 heavy (non-hydrogen) atoms. The van der Waals surface area contributed by atoms with Crippen molar-refractivity contribution in [3.8, 4) is 17.1 Å². The van der Waals surface area contributed by atoms with Crippen molar-refractivity contribution in [3.05, 3.63) is 30.2 Å². The number of hydrogen-bond donors (Lipinski definition) is 1. The molecule has 0 saturated carbocycles. The molecule has 2 aromatic rings. The van der Waals surface area contributed by atoms with Gasteiger partial charge in [-0.25, -0.2) is 0 Å². The highest BCUT2D eigenvalue weighted by Crippen LogP contribution is 2.20. The number of amides is 1. The van der Waals surface area contributed by atoms with Gasteiger partial charge in [0.1, 0.15) is 12.3 Å². The van der Waals surface area contributed by atoms with Crippen molar-refractivity contribution >= 4 is 11.9 Å². The minimum Gasteiger partial charge on any atom is -0.494 e. The Morgan fingerprint density at radius 1 is 1.23 bits per heavy atom. The topological polar surface area (TPSA) is 106 Å². The van der Waals surface area contributed by atoms with Crippen LogP contribution >= 0.6 is 0 Å². The van der Waals surface area contributed by atoms with E-state index < -0.39 is 5.97 Å². The molecular formula is C18H23N3O5.